The van der Waals surface area contributed by atoms with E-state index in [2.05, 4.69) is 17.3 Å². The third kappa shape index (κ3) is 7.47. The van der Waals surface area contributed by atoms with Crippen LogP contribution in [0.4, 0.5) is 0 Å². The molecule has 33 heavy (non-hydrogen) atoms. The zero-order chi connectivity index (χ0) is 23.5. The molecular weight excluding hydrogens is 418 g/mol. The van der Waals surface area contributed by atoms with Gasteiger partial charge >= 0.3 is 5.97 Å². The number of aliphatic carboxylic acids is 1. The third-order valence-corrected chi connectivity index (χ3v) is 5.42. The number of rotatable bonds is 11. The number of ether oxygens (including phenoxy) is 2. The minimum Gasteiger partial charge on any atom is -0.479 e. The average Bonchev–Trinajstić information content (AvgIpc) is 2.86. The first-order chi connectivity index (χ1) is 16.1. The molecule has 0 unspecified atom stereocenters. The smallest absolute Gasteiger partial charge is 0.333 e. The van der Waals surface area contributed by atoms with E-state index in [1.807, 2.05) is 66.7 Å². The fourth-order valence-electron chi connectivity index (χ4n) is 3.54. The fraction of sp³-hybridized carbons (Fsp3) is 0.259. The van der Waals surface area contributed by atoms with Gasteiger partial charge in [-0.3, -0.25) is 0 Å². The molecule has 0 aliphatic heterocycles. The number of hydrogen-bond donors (Lipinski definition) is 2. The number of hydrogen-bond acceptors (Lipinski definition) is 5. The predicted octanol–water partition coefficient (Wildman–Crippen LogP) is 5.58. The number of oxime groups is 1. The van der Waals surface area contributed by atoms with Crippen LogP contribution in [0.1, 0.15) is 30.4 Å². The Bertz CT molecular complexity index is 1030. The van der Waals surface area contributed by atoms with E-state index in [9.17, 15) is 10.0 Å². The minimum absolute atomic E-state index is 0.289. The summed E-state index contributed by atoms with van der Waals surface area (Å²) in [7, 11) is 1.40. The highest BCUT2D eigenvalue weighted by molar-refractivity contribution is 5.78. The maximum absolute atomic E-state index is 11.1. The van der Waals surface area contributed by atoms with E-state index < -0.39 is 12.1 Å². The Morgan fingerprint density at radius 2 is 1.52 bits per heavy atom. The van der Waals surface area contributed by atoms with Gasteiger partial charge in [-0.15, -0.1) is 0 Å². The zero-order valence-corrected chi connectivity index (χ0v) is 18.7. The summed E-state index contributed by atoms with van der Waals surface area (Å²) in [5.74, 6) is -0.0387. The van der Waals surface area contributed by atoms with Crippen molar-refractivity contribution in [2.24, 2.45) is 5.16 Å². The van der Waals surface area contributed by atoms with Crippen LogP contribution >= 0.6 is 0 Å². The number of carbonyl (C=O) groups is 1. The van der Waals surface area contributed by atoms with E-state index in [-0.39, 0.29) is 5.90 Å². The topological polar surface area (TPSA) is 88.4 Å². The molecule has 0 heterocycles. The Labute approximate surface area is 194 Å². The number of aryl methyl sites for hydroxylation is 1. The Morgan fingerprint density at radius 1 is 0.879 bits per heavy atom. The summed E-state index contributed by atoms with van der Waals surface area (Å²) in [6, 6.07) is 25.7. The van der Waals surface area contributed by atoms with E-state index in [0.717, 1.165) is 36.0 Å². The maximum Gasteiger partial charge on any atom is 0.333 e. The molecule has 0 aliphatic carbocycles. The molecule has 0 saturated heterocycles. The van der Waals surface area contributed by atoms with Gasteiger partial charge in [-0.25, -0.2) is 4.79 Å². The first-order valence-electron chi connectivity index (χ1n) is 11.0. The Hall–Kier alpha value is -3.64. The van der Waals surface area contributed by atoms with E-state index in [1.54, 1.807) is 0 Å². The van der Waals surface area contributed by atoms with Crippen molar-refractivity contribution in [1.82, 2.24) is 0 Å². The molecule has 0 aromatic heterocycles. The normalized spacial score (nSPS) is 12.3. The zero-order valence-electron chi connectivity index (χ0n) is 18.7. The summed E-state index contributed by atoms with van der Waals surface area (Å²) in [5.41, 5.74) is 4.32. The molecule has 0 radical (unpaired) electrons. The van der Waals surface area contributed by atoms with Crippen LogP contribution < -0.4 is 4.74 Å². The Balaban J connectivity index is 1.42. The Kier molecular flexibility index (Phi) is 9.03. The second kappa shape index (κ2) is 12.4. The van der Waals surface area contributed by atoms with Gasteiger partial charge in [-0.1, -0.05) is 71.9 Å². The van der Waals surface area contributed by atoms with Crippen LogP contribution in [0.15, 0.2) is 84.0 Å². The van der Waals surface area contributed by atoms with Crippen molar-refractivity contribution >= 4 is 11.9 Å². The Morgan fingerprint density at radius 3 is 2.12 bits per heavy atom. The van der Waals surface area contributed by atoms with E-state index in [4.69, 9.17) is 14.6 Å². The molecule has 0 fully saturated rings. The van der Waals surface area contributed by atoms with Gasteiger partial charge in [0, 0.05) is 20.0 Å². The fourth-order valence-corrected chi connectivity index (χ4v) is 3.54. The third-order valence-electron chi connectivity index (χ3n) is 5.42. The minimum atomic E-state index is -0.961. The van der Waals surface area contributed by atoms with Gasteiger partial charge in [0.1, 0.15) is 5.75 Å². The second-order valence-electron chi connectivity index (χ2n) is 7.78. The van der Waals surface area contributed by atoms with Gasteiger partial charge in [0.2, 0.25) is 5.90 Å². The van der Waals surface area contributed by atoms with E-state index >= 15 is 0 Å². The highest BCUT2D eigenvalue weighted by Crippen LogP contribution is 2.22. The van der Waals surface area contributed by atoms with Gasteiger partial charge in [-0.05, 0) is 53.6 Å². The van der Waals surface area contributed by atoms with Crippen molar-refractivity contribution in [1.29, 1.82) is 0 Å². The lowest BCUT2D eigenvalue weighted by Crippen LogP contribution is -2.24. The maximum atomic E-state index is 11.1. The number of benzene rings is 3. The van der Waals surface area contributed by atoms with Crippen LogP contribution in [0.25, 0.3) is 11.1 Å². The number of methoxy groups -OCH3 is 1. The lowest BCUT2D eigenvalue weighted by Gasteiger charge is -2.11. The molecule has 6 heteroatoms. The highest BCUT2D eigenvalue weighted by Gasteiger charge is 2.16. The van der Waals surface area contributed by atoms with Gasteiger partial charge < -0.3 is 19.8 Å². The molecule has 0 aliphatic rings. The molecule has 3 rings (SSSR count). The molecule has 0 saturated carbocycles. The number of nitrogens with zero attached hydrogens (tertiary/aromatic N) is 1. The summed E-state index contributed by atoms with van der Waals surface area (Å²) in [5, 5.41) is 21.7. The molecule has 172 valence electrons. The number of unbranched alkanes of at least 4 members (excludes halogenated alkanes) is 1. The molecule has 0 spiro atoms. The lowest BCUT2D eigenvalue weighted by atomic mass is 10.0. The van der Waals surface area contributed by atoms with Crippen molar-refractivity contribution in [2.45, 2.75) is 38.2 Å². The first kappa shape index (κ1) is 24.0. The second-order valence-corrected chi connectivity index (χ2v) is 7.78. The van der Waals surface area contributed by atoms with Crippen LogP contribution in [0.5, 0.6) is 5.75 Å². The van der Waals surface area contributed by atoms with Gasteiger partial charge in [0.15, 0.2) is 6.10 Å². The molecule has 1 atom stereocenters. The van der Waals surface area contributed by atoms with Crippen LogP contribution in [-0.2, 0) is 22.4 Å². The summed E-state index contributed by atoms with van der Waals surface area (Å²) < 4.78 is 10.7. The van der Waals surface area contributed by atoms with Crippen molar-refractivity contribution in [3.8, 4) is 16.9 Å². The summed E-state index contributed by atoms with van der Waals surface area (Å²) >= 11 is 0. The molecule has 3 aromatic rings. The molecule has 0 bridgehead atoms. The molecule has 3 aromatic carbocycles. The number of carboxylic acid groups (broad SMARTS) is 1. The van der Waals surface area contributed by atoms with E-state index in [1.165, 1.54) is 12.7 Å². The standard InChI is InChI=1S/C27H29NO5/c1-32-25(27(29)30)19-21-13-11-20(12-14-21)7-5-6-10-26(28-31)33-24-17-15-23(16-18-24)22-8-3-2-4-9-22/h2-4,8-9,11-18,25,31H,5-7,10,19H2,1H3,(H,29,30)/t25-/m0/s1. The summed E-state index contributed by atoms with van der Waals surface area (Å²) in [6.07, 6.45) is 2.63. The predicted molar refractivity (Wildman–Crippen MR) is 128 cm³/mol. The molecule has 6 nitrogen and oxygen atoms in total. The van der Waals surface area contributed by atoms with Crippen LogP contribution in [0.2, 0.25) is 0 Å². The molecule has 0 amide bonds. The first-order valence-corrected chi connectivity index (χ1v) is 11.0. The summed E-state index contributed by atoms with van der Waals surface area (Å²) in [6.45, 7) is 0. The largest absolute Gasteiger partial charge is 0.479 e. The van der Waals surface area contributed by atoms with Gasteiger partial charge in [0.05, 0.1) is 0 Å². The van der Waals surface area contributed by atoms with Crippen molar-refractivity contribution in [3.63, 3.8) is 0 Å². The van der Waals surface area contributed by atoms with Crippen LogP contribution in [0, 0.1) is 0 Å². The average molecular weight is 448 g/mol. The molecule has 2 N–H and O–H groups in total. The highest BCUT2D eigenvalue weighted by atomic mass is 16.5. The van der Waals surface area contributed by atoms with Crippen molar-refractivity contribution < 1.29 is 24.6 Å². The SMILES string of the molecule is CO[C@@H](Cc1ccc(CCCCC(=NO)Oc2ccc(-c3ccccc3)cc2)cc1)C(=O)O. The summed E-state index contributed by atoms with van der Waals surface area (Å²) in [4.78, 5) is 11.1. The quantitative estimate of drug-likeness (QED) is 0.132. The lowest BCUT2D eigenvalue weighted by molar-refractivity contribution is -0.148. The van der Waals surface area contributed by atoms with Crippen molar-refractivity contribution in [2.75, 3.05) is 7.11 Å². The van der Waals surface area contributed by atoms with Crippen LogP contribution in [-0.4, -0.2) is 35.4 Å². The van der Waals surface area contributed by atoms with Crippen molar-refractivity contribution in [3.05, 3.63) is 90.0 Å². The van der Waals surface area contributed by atoms with E-state index in [0.29, 0.717) is 18.6 Å². The monoisotopic (exact) mass is 447 g/mol. The van der Waals surface area contributed by atoms with Crippen LogP contribution in [0.3, 0.4) is 0 Å². The molecular formula is C27H29NO5. The van der Waals surface area contributed by atoms with Gasteiger partial charge in [0.25, 0.3) is 0 Å². The van der Waals surface area contributed by atoms with Gasteiger partial charge in [-0.2, -0.15) is 0 Å². The number of carboxylic acids is 1.